The number of aryl methyl sites for hydroxylation is 1. The maximum absolute atomic E-state index is 12.5. The SMILES string of the molecule is COc1ccccc1NC(=O)C(C#N)=Cc1ccc(OC(=O)c2ccc(C)cc2)cc1. The summed E-state index contributed by atoms with van der Waals surface area (Å²) in [4.78, 5) is 24.7. The number of ether oxygens (including phenoxy) is 2. The van der Waals surface area contributed by atoms with Crippen LogP contribution in [0.4, 0.5) is 5.69 Å². The monoisotopic (exact) mass is 412 g/mol. The topological polar surface area (TPSA) is 88.4 Å². The molecule has 31 heavy (non-hydrogen) atoms. The van der Waals surface area contributed by atoms with Crippen LogP contribution in [0.2, 0.25) is 0 Å². The number of nitriles is 1. The van der Waals surface area contributed by atoms with E-state index in [1.54, 1.807) is 60.7 Å². The summed E-state index contributed by atoms with van der Waals surface area (Å²) in [5.74, 6) is -0.161. The van der Waals surface area contributed by atoms with Crippen LogP contribution >= 0.6 is 0 Å². The summed E-state index contributed by atoms with van der Waals surface area (Å²) in [5, 5.41) is 12.1. The third-order valence-corrected chi connectivity index (χ3v) is 4.41. The summed E-state index contributed by atoms with van der Waals surface area (Å²) < 4.78 is 10.6. The van der Waals surface area contributed by atoms with Gasteiger partial charge in [-0.2, -0.15) is 5.26 Å². The van der Waals surface area contributed by atoms with Crippen LogP contribution < -0.4 is 14.8 Å². The van der Waals surface area contributed by atoms with Crippen LogP contribution in [0.5, 0.6) is 11.5 Å². The van der Waals surface area contributed by atoms with E-state index in [0.717, 1.165) is 5.56 Å². The first kappa shape index (κ1) is 21.3. The second-order valence-corrected chi connectivity index (χ2v) is 6.65. The molecule has 0 aliphatic rings. The molecule has 1 amide bonds. The van der Waals surface area contributed by atoms with Crippen molar-refractivity contribution in [1.82, 2.24) is 0 Å². The molecule has 3 rings (SSSR count). The largest absolute Gasteiger partial charge is 0.495 e. The number of benzene rings is 3. The lowest BCUT2D eigenvalue weighted by Crippen LogP contribution is -2.14. The van der Waals surface area contributed by atoms with Crippen LogP contribution in [0.15, 0.2) is 78.4 Å². The number of anilines is 1. The minimum Gasteiger partial charge on any atom is -0.495 e. The van der Waals surface area contributed by atoms with Gasteiger partial charge in [-0.15, -0.1) is 0 Å². The molecule has 1 N–H and O–H groups in total. The molecule has 3 aromatic carbocycles. The average molecular weight is 412 g/mol. The molecular weight excluding hydrogens is 392 g/mol. The highest BCUT2D eigenvalue weighted by atomic mass is 16.5. The number of nitrogens with zero attached hydrogens (tertiary/aromatic N) is 1. The fourth-order valence-corrected chi connectivity index (χ4v) is 2.74. The average Bonchev–Trinajstić information content (AvgIpc) is 2.79. The van der Waals surface area contributed by atoms with E-state index in [4.69, 9.17) is 9.47 Å². The Balaban J connectivity index is 1.70. The molecule has 0 aliphatic carbocycles. The van der Waals surface area contributed by atoms with Gasteiger partial charge in [0.05, 0.1) is 18.4 Å². The van der Waals surface area contributed by atoms with E-state index in [9.17, 15) is 14.9 Å². The van der Waals surface area contributed by atoms with Gasteiger partial charge in [0, 0.05) is 0 Å². The predicted octanol–water partition coefficient (Wildman–Crippen LogP) is 4.77. The normalized spacial score (nSPS) is 10.7. The molecule has 0 atom stereocenters. The van der Waals surface area contributed by atoms with Crippen LogP contribution in [-0.2, 0) is 4.79 Å². The quantitative estimate of drug-likeness (QED) is 0.273. The summed E-state index contributed by atoms with van der Waals surface area (Å²) >= 11 is 0. The Kier molecular flexibility index (Phi) is 6.82. The predicted molar refractivity (Wildman–Crippen MR) is 118 cm³/mol. The number of rotatable bonds is 6. The Morgan fingerprint density at radius 2 is 1.65 bits per heavy atom. The number of carbonyl (C=O) groups excluding carboxylic acids is 2. The maximum Gasteiger partial charge on any atom is 0.343 e. The highest BCUT2D eigenvalue weighted by molar-refractivity contribution is 6.10. The molecule has 0 spiro atoms. The lowest BCUT2D eigenvalue weighted by atomic mass is 10.1. The molecule has 0 unspecified atom stereocenters. The van der Waals surface area contributed by atoms with Crippen LogP contribution in [-0.4, -0.2) is 19.0 Å². The van der Waals surface area contributed by atoms with Crippen molar-refractivity contribution in [3.63, 3.8) is 0 Å². The van der Waals surface area contributed by atoms with Gasteiger partial charge < -0.3 is 14.8 Å². The highest BCUT2D eigenvalue weighted by Crippen LogP contribution is 2.24. The number of para-hydroxylation sites is 2. The molecule has 0 fully saturated rings. The summed E-state index contributed by atoms with van der Waals surface area (Å²) in [6.07, 6.45) is 1.45. The maximum atomic E-state index is 12.5. The van der Waals surface area contributed by atoms with Crippen molar-refractivity contribution in [2.24, 2.45) is 0 Å². The van der Waals surface area contributed by atoms with E-state index in [1.165, 1.54) is 13.2 Å². The summed E-state index contributed by atoms with van der Waals surface area (Å²) in [5.41, 5.74) is 2.51. The van der Waals surface area contributed by atoms with Crippen molar-refractivity contribution < 1.29 is 19.1 Å². The zero-order chi connectivity index (χ0) is 22.2. The molecule has 6 nitrogen and oxygen atoms in total. The molecular formula is C25H20N2O4. The fraction of sp³-hybridized carbons (Fsp3) is 0.0800. The lowest BCUT2D eigenvalue weighted by molar-refractivity contribution is -0.112. The second kappa shape index (κ2) is 9.90. The van der Waals surface area contributed by atoms with Crippen molar-refractivity contribution in [2.45, 2.75) is 6.92 Å². The molecule has 3 aromatic rings. The number of nitrogens with one attached hydrogen (secondary N) is 1. The van der Waals surface area contributed by atoms with Crippen LogP contribution in [0.25, 0.3) is 6.08 Å². The van der Waals surface area contributed by atoms with E-state index in [0.29, 0.717) is 28.3 Å². The summed E-state index contributed by atoms with van der Waals surface area (Å²) in [6, 6.07) is 22.4. The highest BCUT2D eigenvalue weighted by Gasteiger charge is 2.12. The van der Waals surface area contributed by atoms with Crippen LogP contribution in [0.3, 0.4) is 0 Å². The van der Waals surface area contributed by atoms with Crippen molar-refractivity contribution in [3.05, 3.63) is 95.1 Å². The van der Waals surface area contributed by atoms with Crippen molar-refractivity contribution >= 4 is 23.6 Å². The number of carbonyl (C=O) groups is 2. The number of esters is 1. The first-order chi connectivity index (χ1) is 15.0. The van der Waals surface area contributed by atoms with E-state index in [-0.39, 0.29) is 5.57 Å². The van der Waals surface area contributed by atoms with E-state index in [1.807, 2.05) is 25.1 Å². The summed E-state index contributed by atoms with van der Waals surface area (Å²) in [7, 11) is 1.50. The number of hydrogen-bond acceptors (Lipinski definition) is 5. The smallest absolute Gasteiger partial charge is 0.343 e. The van der Waals surface area contributed by atoms with Gasteiger partial charge in [0.1, 0.15) is 23.1 Å². The van der Waals surface area contributed by atoms with Crippen LogP contribution in [0.1, 0.15) is 21.5 Å². The Bertz CT molecular complexity index is 1160. The molecule has 0 saturated carbocycles. The van der Waals surface area contributed by atoms with Gasteiger partial charge in [-0.25, -0.2) is 4.79 Å². The molecule has 154 valence electrons. The van der Waals surface area contributed by atoms with Gasteiger partial charge in [0.2, 0.25) is 0 Å². The van der Waals surface area contributed by atoms with E-state index < -0.39 is 11.9 Å². The Hall–Kier alpha value is -4.37. The minimum absolute atomic E-state index is 0.0738. The molecule has 0 bridgehead atoms. The standard InChI is InChI=1S/C25H20N2O4/c1-17-7-11-19(12-8-17)25(29)31-21-13-9-18(10-14-21)15-20(16-26)24(28)27-22-5-3-4-6-23(22)30-2/h3-15H,1-2H3,(H,27,28). The van der Waals surface area contributed by atoms with Crippen LogP contribution in [0, 0.1) is 18.3 Å². The molecule has 0 aliphatic heterocycles. The van der Waals surface area contributed by atoms with Gasteiger partial charge in [-0.1, -0.05) is 42.0 Å². The first-order valence-corrected chi connectivity index (χ1v) is 9.45. The van der Waals surface area contributed by atoms with Gasteiger partial charge in [-0.05, 0) is 55.0 Å². The van der Waals surface area contributed by atoms with Gasteiger partial charge >= 0.3 is 5.97 Å². The van der Waals surface area contributed by atoms with Crippen molar-refractivity contribution in [3.8, 4) is 17.6 Å². The zero-order valence-electron chi connectivity index (χ0n) is 17.1. The van der Waals surface area contributed by atoms with Crippen molar-refractivity contribution in [1.29, 1.82) is 5.26 Å². The Labute approximate surface area is 180 Å². The van der Waals surface area contributed by atoms with Gasteiger partial charge in [0.25, 0.3) is 5.91 Å². The van der Waals surface area contributed by atoms with Gasteiger partial charge in [0.15, 0.2) is 0 Å². The molecule has 0 radical (unpaired) electrons. The molecule has 6 heteroatoms. The van der Waals surface area contributed by atoms with E-state index in [2.05, 4.69) is 5.32 Å². The summed E-state index contributed by atoms with van der Waals surface area (Å²) in [6.45, 7) is 1.94. The Morgan fingerprint density at radius 1 is 0.968 bits per heavy atom. The number of amides is 1. The zero-order valence-corrected chi connectivity index (χ0v) is 17.1. The fourth-order valence-electron chi connectivity index (χ4n) is 2.74. The minimum atomic E-state index is -0.554. The Morgan fingerprint density at radius 3 is 2.29 bits per heavy atom. The number of hydrogen-bond donors (Lipinski definition) is 1. The molecule has 0 aromatic heterocycles. The van der Waals surface area contributed by atoms with Gasteiger partial charge in [-0.3, -0.25) is 4.79 Å². The first-order valence-electron chi connectivity index (χ1n) is 9.45. The lowest BCUT2D eigenvalue weighted by Gasteiger charge is -2.09. The van der Waals surface area contributed by atoms with E-state index >= 15 is 0 Å². The molecule has 0 heterocycles. The second-order valence-electron chi connectivity index (χ2n) is 6.65. The third-order valence-electron chi connectivity index (χ3n) is 4.41. The third kappa shape index (κ3) is 5.58. The molecule has 0 saturated heterocycles. The van der Waals surface area contributed by atoms with Crippen molar-refractivity contribution in [2.75, 3.05) is 12.4 Å². The number of methoxy groups -OCH3 is 1.